The van der Waals surface area contributed by atoms with E-state index >= 15 is 0 Å². The highest BCUT2D eigenvalue weighted by Gasteiger charge is 2.27. The van der Waals surface area contributed by atoms with Crippen LogP contribution in [0.1, 0.15) is 12.8 Å². The predicted octanol–water partition coefficient (Wildman–Crippen LogP) is 3.67. The maximum atomic E-state index is 14.0. The number of rotatable bonds is 3. The fourth-order valence-corrected chi connectivity index (χ4v) is 3.43. The predicted molar refractivity (Wildman–Crippen MR) is 102 cm³/mol. The Morgan fingerprint density at radius 2 is 1.96 bits per heavy atom. The van der Waals surface area contributed by atoms with Crippen molar-refractivity contribution in [3.63, 3.8) is 0 Å². The van der Waals surface area contributed by atoms with Crippen LogP contribution >= 0.6 is 11.6 Å². The summed E-state index contributed by atoms with van der Waals surface area (Å²) in [5.74, 6) is 0.675. The molecule has 0 bridgehead atoms. The highest BCUT2D eigenvalue weighted by atomic mass is 35.5. The number of hydrogen-bond donors (Lipinski definition) is 1. The summed E-state index contributed by atoms with van der Waals surface area (Å²) in [6.45, 7) is 1.32. The van der Waals surface area contributed by atoms with Crippen LogP contribution in [0.4, 0.5) is 16.0 Å². The van der Waals surface area contributed by atoms with Gasteiger partial charge in [-0.15, -0.1) is 0 Å². The Morgan fingerprint density at radius 3 is 2.70 bits per heavy atom. The molecule has 0 radical (unpaired) electrons. The Hall–Kier alpha value is -2.80. The minimum absolute atomic E-state index is 0.0527. The van der Waals surface area contributed by atoms with E-state index in [1.807, 2.05) is 6.07 Å². The quantitative estimate of drug-likeness (QED) is 0.744. The van der Waals surface area contributed by atoms with Crippen molar-refractivity contribution in [2.45, 2.75) is 12.8 Å². The Balaban J connectivity index is 1.44. The lowest BCUT2D eigenvalue weighted by molar-refractivity contribution is -0.120. The largest absolute Gasteiger partial charge is 0.356 e. The van der Waals surface area contributed by atoms with Crippen molar-refractivity contribution in [3.8, 4) is 0 Å². The number of fused-ring (bicyclic) bond motifs is 1. The molecule has 6 nitrogen and oxygen atoms in total. The van der Waals surface area contributed by atoms with Gasteiger partial charge in [-0.3, -0.25) is 4.79 Å². The summed E-state index contributed by atoms with van der Waals surface area (Å²) in [5, 5.41) is 4.04. The molecule has 1 saturated heterocycles. The maximum absolute atomic E-state index is 14.0. The molecule has 1 fully saturated rings. The number of nitrogens with one attached hydrogen (secondary N) is 1. The number of halogens is 2. The molecule has 1 aliphatic heterocycles. The van der Waals surface area contributed by atoms with Crippen molar-refractivity contribution in [3.05, 3.63) is 53.7 Å². The lowest BCUT2D eigenvalue weighted by Gasteiger charge is -2.32. The first kappa shape index (κ1) is 17.6. The van der Waals surface area contributed by atoms with E-state index in [2.05, 4.69) is 25.2 Å². The summed E-state index contributed by atoms with van der Waals surface area (Å²) in [5.41, 5.74) is 0.316. The second-order valence-corrected chi connectivity index (χ2v) is 6.88. The second-order valence-electron chi connectivity index (χ2n) is 6.45. The molecule has 4 rings (SSSR count). The number of carbonyl (C=O) groups excluding carboxylic acids is 1. The Kier molecular flexibility index (Phi) is 4.85. The van der Waals surface area contributed by atoms with Crippen LogP contribution in [0.15, 0.2) is 42.9 Å². The van der Waals surface area contributed by atoms with Gasteiger partial charge in [0.2, 0.25) is 5.91 Å². The van der Waals surface area contributed by atoms with Crippen LogP contribution in [0.25, 0.3) is 10.9 Å². The molecular formula is C19H17ClFN5O. The van der Waals surface area contributed by atoms with Gasteiger partial charge in [-0.25, -0.2) is 19.3 Å². The third-order valence-electron chi connectivity index (χ3n) is 4.74. The van der Waals surface area contributed by atoms with Crippen LogP contribution in [-0.2, 0) is 4.79 Å². The number of nitrogens with zero attached hydrogens (tertiary/aromatic N) is 4. The van der Waals surface area contributed by atoms with Gasteiger partial charge >= 0.3 is 0 Å². The summed E-state index contributed by atoms with van der Waals surface area (Å²) in [6.07, 6.45) is 4.24. The summed E-state index contributed by atoms with van der Waals surface area (Å²) in [4.78, 5) is 27.0. The van der Waals surface area contributed by atoms with Crippen LogP contribution < -0.4 is 10.2 Å². The molecule has 0 unspecified atom stereocenters. The third kappa shape index (κ3) is 3.68. The lowest BCUT2D eigenvalue weighted by Crippen LogP contribution is -2.38. The van der Waals surface area contributed by atoms with Crippen LogP contribution in [0, 0.1) is 11.7 Å². The number of carbonyl (C=O) groups is 1. The fraction of sp³-hybridized carbons (Fsp3) is 0.263. The number of pyridine rings is 1. The molecule has 0 spiro atoms. The molecule has 1 amide bonds. The van der Waals surface area contributed by atoms with Crippen LogP contribution in [0.3, 0.4) is 0 Å². The number of para-hydroxylation sites is 1. The van der Waals surface area contributed by atoms with Crippen LogP contribution in [0.2, 0.25) is 5.02 Å². The summed E-state index contributed by atoms with van der Waals surface area (Å²) in [7, 11) is 0. The van der Waals surface area contributed by atoms with Gasteiger partial charge in [0.15, 0.2) is 0 Å². The Bertz CT molecular complexity index is 974. The Labute approximate surface area is 160 Å². The number of amides is 1. The fourth-order valence-electron chi connectivity index (χ4n) is 3.32. The van der Waals surface area contributed by atoms with Crippen LogP contribution in [0.5, 0.6) is 0 Å². The highest BCUT2D eigenvalue weighted by molar-refractivity contribution is 6.30. The first-order chi connectivity index (χ1) is 13.1. The average Bonchev–Trinajstić information content (AvgIpc) is 2.70. The van der Waals surface area contributed by atoms with E-state index in [1.165, 1.54) is 18.6 Å². The zero-order chi connectivity index (χ0) is 18.8. The van der Waals surface area contributed by atoms with E-state index in [0.29, 0.717) is 53.5 Å². The lowest BCUT2D eigenvalue weighted by atomic mass is 9.95. The molecule has 1 aliphatic rings. The number of benzene rings is 1. The van der Waals surface area contributed by atoms with E-state index < -0.39 is 0 Å². The third-order valence-corrected chi connectivity index (χ3v) is 4.96. The minimum Gasteiger partial charge on any atom is -0.356 e. The first-order valence-corrected chi connectivity index (χ1v) is 9.06. The number of anilines is 2. The van der Waals surface area contributed by atoms with Crippen molar-refractivity contribution in [1.29, 1.82) is 0 Å². The van der Waals surface area contributed by atoms with E-state index in [-0.39, 0.29) is 17.6 Å². The van der Waals surface area contributed by atoms with Gasteiger partial charge in [0.25, 0.3) is 0 Å². The summed E-state index contributed by atoms with van der Waals surface area (Å²) < 4.78 is 14.0. The van der Waals surface area contributed by atoms with E-state index in [0.717, 1.165) is 0 Å². The molecule has 0 saturated carbocycles. The van der Waals surface area contributed by atoms with Gasteiger partial charge in [0.05, 0.1) is 5.02 Å². The van der Waals surface area contributed by atoms with Crippen molar-refractivity contribution >= 4 is 40.0 Å². The Morgan fingerprint density at radius 1 is 1.15 bits per heavy atom. The molecule has 3 aromatic rings. The SMILES string of the molecule is O=C(Nc1ccc(Cl)cn1)C1CCN(c2ncnc3c(F)cccc23)CC1. The van der Waals surface area contributed by atoms with Crippen molar-refractivity contribution in [2.24, 2.45) is 5.92 Å². The van der Waals surface area contributed by atoms with Crippen molar-refractivity contribution in [1.82, 2.24) is 15.0 Å². The van der Waals surface area contributed by atoms with Gasteiger partial charge in [-0.05, 0) is 37.1 Å². The molecule has 1 aromatic carbocycles. The standard InChI is InChI=1S/C19H17ClFN5O/c20-13-4-5-16(22-10-13)25-19(27)12-6-8-26(9-7-12)18-14-2-1-3-15(21)17(14)23-11-24-18/h1-5,10-12H,6-9H2,(H,22,25,27). The topological polar surface area (TPSA) is 71.0 Å². The van der Waals surface area contributed by atoms with Gasteiger partial charge in [-0.1, -0.05) is 17.7 Å². The molecule has 8 heteroatoms. The smallest absolute Gasteiger partial charge is 0.228 e. The molecule has 138 valence electrons. The number of piperidine rings is 1. The molecule has 27 heavy (non-hydrogen) atoms. The van der Waals surface area contributed by atoms with Crippen LogP contribution in [-0.4, -0.2) is 33.9 Å². The average molecular weight is 386 g/mol. The minimum atomic E-state index is -0.360. The first-order valence-electron chi connectivity index (χ1n) is 8.68. The molecular weight excluding hydrogens is 369 g/mol. The molecule has 1 N–H and O–H groups in total. The summed E-state index contributed by atoms with van der Waals surface area (Å²) >= 11 is 5.81. The van der Waals surface area contributed by atoms with E-state index in [1.54, 1.807) is 18.2 Å². The van der Waals surface area contributed by atoms with Crippen molar-refractivity contribution in [2.75, 3.05) is 23.3 Å². The zero-order valence-corrected chi connectivity index (χ0v) is 15.2. The highest BCUT2D eigenvalue weighted by Crippen LogP contribution is 2.28. The number of aromatic nitrogens is 3. The molecule has 2 aromatic heterocycles. The van der Waals surface area contributed by atoms with E-state index in [4.69, 9.17) is 11.6 Å². The van der Waals surface area contributed by atoms with Gasteiger partial charge in [0, 0.05) is 30.6 Å². The van der Waals surface area contributed by atoms with E-state index in [9.17, 15) is 9.18 Å². The molecule has 0 atom stereocenters. The summed E-state index contributed by atoms with van der Waals surface area (Å²) in [6, 6.07) is 8.23. The molecule has 0 aliphatic carbocycles. The monoisotopic (exact) mass is 385 g/mol. The van der Waals surface area contributed by atoms with Gasteiger partial charge in [-0.2, -0.15) is 0 Å². The molecule has 3 heterocycles. The van der Waals surface area contributed by atoms with Crippen molar-refractivity contribution < 1.29 is 9.18 Å². The second kappa shape index (κ2) is 7.44. The maximum Gasteiger partial charge on any atom is 0.228 e. The zero-order valence-electron chi connectivity index (χ0n) is 14.4. The normalized spacial score (nSPS) is 15.1. The number of hydrogen-bond acceptors (Lipinski definition) is 5. The van der Waals surface area contributed by atoms with Gasteiger partial charge in [0.1, 0.15) is 29.3 Å². The van der Waals surface area contributed by atoms with Gasteiger partial charge < -0.3 is 10.2 Å².